The van der Waals surface area contributed by atoms with Crippen molar-refractivity contribution in [2.24, 2.45) is 5.73 Å². The van der Waals surface area contributed by atoms with E-state index in [0.717, 1.165) is 22.8 Å². The molecule has 0 atom stereocenters. The van der Waals surface area contributed by atoms with E-state index in [1.54, 1.807) is 44.7 Å². The number of oxazole rings is 1. The predicted molar refractivity (Wildman–Crippen MR) is 126 cm³/mol. The van der Waals surface area contributed by atoms with Crippen molar-refractivity contribution in [2.45, 2.75) is 5.88 Å². The molecule has 2 N–H and O–H groups in total. The molecule has 0 aliphatic carbocycles. The van der Waals surface area contributed by atoms with Gasteiger partial charge in [0, 0.05) is 11.1 Å². The lowest BCUT2D eigenvalue weighted by atomic mass is 10.2. The predicted octanol–water partition coefficient (Wildman–Crippen LogP) is 4.92. The van der Waals surface area contributed by atoms with Gasteiger partial charge >= 0.3 is 0 Å². The Morgan fingerprint density at radius 1 is 0.906 bits per heavy atom. The zero-order chi connectivity index (χ0) is 23.9. The summed E-state index contributed by atoms with van der Waals surface area (Å²) in [4.78, 5) is 24.7. The van der Waals surface area contributed by atoms with Crippen LogP contribution in [0.3, 0.4) is 0 Å². The number of methoxy groups -OCH3 is 2. The van der Waals surface area contributed by atoms with Gasteiger partial charge in [0.05, 0.1) is 37.6 Å². The second-order valence-corrected chi connectivity index (χ2v) is 6.71. The van der Waals surface area contributed by atoms with E-state index in [9.17, 15) is 9.59 Å². The SMILES string of the molecule is COc1ccc(-c2nc(CCl)co2)cc1.COc1ccc(C(N)=O)cc1.O=C(CCl)CCl. The van der Waals surface area contributed by atoms with E-state index < -0.39 is 5.91 Å². The van der Waals surface area contributed by atoms with Crippen LogP contribution in [0, 0.1) is 0 Å². The van der Waals surface area contributed by atoms with E-state index in [2.05, 4.69) is 4.98 Å². The minimum atomic E-state index is -0.423. The van der Waals surface area contributed by atoms with E-state index in [1.807, 2.05) is 24.3 Å². The lowest BCUT2D eigenvalue weighted by Gasteiger charge is -1.99. The van der Waals surface area contributed by atoms with Crippen LogP contribution >= 0.6 is 34.8 Å². The van der Waals surface area contributed by atoms with Crippen molar-refractivity contribution in [2.75, 3.05) is 26.0 Å². The fourth-order valence-electron chi connectivity index (χ4n) is 2.03. The summed E-state index contributed by atoms with van der Waals surface area (Å²) in [5.74, 6) is 1.98. The molecular formula is C22H23Cl3N2O5. The zero-order valence-electron chi connectivity index (χ0n) is 17.5. The number of ether oxygens (including phenoxy) is 2. The van der Waals surface area contributed by atoms with E-state index in [-0.39, 0.29) is 17.5 Å². The molecule has 2 aromatic carbocycles. The number of ketones is 1. The highest BCUT2D eigenvalue weighted by Gasteiger charge is 2.05. The van der Waals surface area contributed by atoms with Crippen LogP contribution in [0.25, 0.3) is 11.5 Å². The Balaban J connectivity index is 0.000000265. The average Bonchev–Trinajstić information content (AvgIpc) is 3.34. The Labute approximate surface area is 201 Å². The molecule has 1 amide bonds. The summed E-state index contributed by atoms with van der Waals surface area (Å²) >= 11 is 15.7. The van der Waals surface area contributed by atoms with Crippen LogP contribution in [0.4, 0.5) is 0 Å². The van der Waals surface area contributed by atoms with Crippen LogP contribution in [-0.2, 0) is 10.7 Å². The van der Waals surface area contributed by atoms with Crippen molar-refractivity contribution in [3.05, 3.63) is 66.1 Å². The third-order valence-electron chi connectivity index (χ3n) is 3.70. The van der Waals surface area contributed by atoms with Crippen molar-refractivity contribution >= 4 is 46.5 Å². The molecule has 0 aliphatic rings. The number of carbonyl (C=O) groups excluding carboxylic acids is 2. The molecule has 0 radical (unpaired) electrons. The summed E-state index contributed by atoms with van der Waals surface area (Å²) in [5.41, 5.74) is 7.16. The van der Waals surface area contributed by atoms with Crippen LogP contribution in [0.5, 0.6) is 11.5 Å². The van der Waals surface area contributed by atoms with E-state index in [0.29, 0.717) is 17.3 Å². The first-order valence-electron chi connectivity index (χ1n) is 9.10. The normalized spacial score (nSPS) is 9.53. The molecule has 0 aliphatic heterocycles. The molecule has 0 unspecified atom stereocenters. The van der Waals surface area contributed by atoms with Gasteiger partial charge in [0.1, 0.15) is 17.8 Å². The third-order valence-corrected chi connectivity index (χ3v) is 4.57. The molecule has 1 aromatic heterocycles. The van der Waals surface area contributed by atoms with Crippen LogP contribution < -0.4 is 15.2 Å². The van der Waals surface area contributed by atoms with Crippen molar-refractivity contribution in [1.29, 1.82) is 0 Å². The molecule has 3 rings (SSSR count). The Morgan fingerprint density at radius 2 is 1.41 bits per heavy atom. The van der Waals surface area contributed by atoms with Gasteiger partial charge in [-0.1, -0.05) is 0 Å². The summed E-state index contributed by atoms with van der Waals surface area (Å²) in [6.07, 6.45) is 1.56. The summed E-state index contributed by atoms with van der Waals surface area (Å²) in [6.45, 7) is 0. The van der Waals surface area contributed by atoms with Crippen LogP contribution in [0.1, 0.15) is 16.1 Å². The molecule has 0 fully saturated rings. The lowest BCUT2D eigenvalue weighted by molar-refractivity contribution is -0.114. The topological polar surface area (TPSA) is 105 Å². The molecular weight excluding hydrogens is 479 g/mol. The van der Waals surface area contributed by atoms with Gasteiger partial charge in [-0.05, 0) is 48.5 Å². The van der Waals surface area contributed by atoms with Crippen LogP contribution in [0.15, 0.2) is 59.2 Å². The lowest BCUT2D eigenvalue weighted by Crippen LogP contribution is -2.10. The summed E-state index contributed by atoms with van der Waals surface area (Å²) in [7, 11) is 3.20. The fraction of sp³-hybridized carbons (Fsp3) is 0.227. The number of hydrogen-bond donors (Lipinski definition) is 1. The third kappa shape index (κ3) is 9.60. The highest BCUT2D eigenvalue weighted by Crippen LogP contribution is 2.22. The molecule has 3 aromatic rings. The highest BCUT2D eigenvalue weighted by atomic mass is 35.5. The Hall–Kier alpha value is -2.74. The summed E-state index contributed by atoms with van der Waals surface area (Å²) in [5, 5.41) is 0. The molecule has 10 heteroatoms. The van der Waals surface area contributed by atoms with E-state index in [4.69, 9.17) is 54.4 Å². The van der Waals surface area contributed by atoms with Gasteiger partial charge in [-0.15, -0.1) is 34.8 Å². The largest absolute Gasteiger partial charge is 0.497 e. The molecule has 0 saturated carbocycles. The number of primary amides is 1. The number of nitrogens with zero attached hydrogens (tertiary/aromatic N) is 1. The Kier molecular flexibility index (Phi) is 12.9. The molecule has 172 valence electrons. The number of halogens is 3. The molecule has 0 spiro atoms. The van der Waals surface area contributed by atoms with Crippen molar-refractivity contribution in [3.63, 3.8) is 0 Å². The average molecular weight is 502 g/mol. The second kappa shape index (κ2) is 15.1. The number of alkyl halides is 3. The van der Waals surface area contributed by atoms with Gasteiger partial charge in [0.25, 0.3) is 0 Å². The van der Waals surface area contributed by atoms with Gasteiger partial charge in [-0.3, -0.25) is 9.59 Å². The maximum atomic E-state index is 10.6. The quantitative estimate of drug-likeness (QED) is 0.461. The number of aromatic nitrogens is 1. The van der Waals surface area contributed by atoms with Gasteiger partial charge < -0.3 is 19.6 Å². The van der Waals surface area contributed by atoms with E-state index in [1.165, 1.54) is 0 Å². The minimum Gasteiger partial charge on any atom is -0.497 e. The molecule has 0 bridgehead atoms. The number of nitrogens with two attached hydrogens (primary N) is 1. The molecule has 7 nitrogen and oxygen atoms in total. The first-order valence-corrected chi connectivity index (χ1v) is 10.7. The summed E-state index contributed by atoms with van der Waals surface area (Å²) in [6, 6.07) is 14.1. The standard InChI is InChI=1S/C11H10ClNO2.C8H9NO2.C3H4Cl2O/c1-14-10-4-2-8(3-5-10)11-13-9(6-12)7-15-11;1-11-7-4-2-6(3-5-7)8(9)10;4-1-3(6)2-5/h2-5,7H,6H2,1H3;2-5H,1H3,(H2,9,10);1-2H2. The first kappa shape index (κ1) is 27.3. The molecule has 0 saturated heterocycles. The van der Waals surface area contributed by atoms with Gasteiger partial charge in [0.15, 0.2) is 5.78 Å². The maximum absolute atomic E-state index is 10.6. The minimum absolute atomic E-state index is 0.0312. The number of Topliss-reactive ketones (excluding diaryl/α,β-unsaturated/α-hetero) is 1. The zero-order valence-corrected chi connectivity index (χ0v) is 19.8. The fourth-order valence-corrected chi connectivity index (χ4v) is 2.43. The van der Waals surface area contributed by atoms with Gasteiger partial charge in [-0.25, -0.2) is 4.98 Å². The molecule has 1 heterocycles. The first-order chi connectivity index (χ1) is 15.4. The van der Waals surface area contributed by atoms with Crippen LogP contribution in [-0.4, -0.2) is 42.7 Å². The number of rotatable bonds is 7. The second-order valence-electron chi connectivity index (χ2n) is 5.90. The van der Waals surface area contributed by atoms with Gasteiger partial charge in [0.2, 0.25) is 11.8 Å². The van der Waals surface area contributed by atoms with E-state index >= 15 is 0 Å². The Bertz CT molecular complexity index is 954. The maximum Gasteiger partial charge on any atom is 0.248 e. The van der Waals surface area contributed by atoms with Crippen molar-refractivity contribution in [1.82, 2.24) is 4.98 Å². The Morgan fingerprint density at radius 3 is 1.75 bits per heavy atom. The smallest absolute Gasteiger partial charge is 0.248 e. The molecule has 32 heavy (non-hydrogen) atoms. The van der Waals surface area contributed by atoms with Gasteiger partial charge in [-0.2, -0.15) is 0 Å². The van der Waals surface area contributed by atoms with Crippen molar-refractivity contribution in [3.8, 4) is 23.0 Å². The number of amides is 1. The van der Waals surface area contributed by atoms with Crippen LogP contribution in [0.2, 0.25) is 0 Å². The van der Waals surface area contributed by atoms with Crippen molar-refractivity contribution < 1.29 is 23.5 Å². The number of benzene rings is 2. The summed E-state index contributed by atoms with van der Waals surface area (Å²) < 4.78 is 15.2. The monoisotopic (exact) mass is 500 g/mol. The number of carbonyl (C=O) groups is 2. The highest BCUT2D eigenvalue weighted by molar-refractivity contribution is 6.35. The number of hydrogen-bond acceptors (Lipinski definition) is 6.